The van der Waals surface area contributed by atoms with E-state index in [0.29, 0.717) is 41.7 Å². The van der Waals surface area contributed by atoms with Crippen LogP contribution in [0, 0.1) is 0 Å². The number of pyridine rings is 1. The monoisotopic (exact) mass is 511 g/mol. The molecule has 14 heteroatoms. The summed E-state index contributed by atoms with van der Waals surface area (Å²) in [5.74, 6) is -0.417. The van der Waals surface area contributed by atoms with Crippen molar-refractivity contribution in [2.75, 3.05) is 18.2 Å². The van der Waals surface area contributed by atoms with Gasteiger partial charge in [0.25, 0.3) is 5.91 Å². The minimum Gasteiger partial charge on any atom is -0.494 e. The summed E-state index contributed by atoms with van der Waals surface area (Å²) < 4.78 is 18.0. The van der Waals surface area contributed by atoms with E-state index in [-0.39, 0.29) is 28.3 Å². The Bertz CT molecular complexity index is 1470. The third-order valence-corrected chi connectivity index (χ3v) is 6.32. The molecule has 13 nitrogen and oxygen atoms in total. The van der Waals surface area contributed by atoms with Gasteiger partial charge in [0.1, 0.15) is 23.4 Å². The Balaban J connectivity index is 1.49. The van der Waals surface area contributed by atoms with Gasteiger partial charge in [-0.05, 0) is 25.0 Å². The van der Waals surface area contributed by atoms with Gasteiger partial charge in [-0.1, -0.05) is 11.3 Å². The number of nitrogens with two attached hydrogens (primary N) is 1. The molecule has 2 atom stereocenters. The molecule has 5 rings (SSSR count). The third-order valence-electron chi connectivity index (χ3n) is 5.51. The Morgan fingerprint density at radius 1 is 1.31 bits per heavy atom. The molecule has 1 amide bonds. The zero-order valence-corrected chi connectivity index (χ0v) is 19.8. The number of methoxy groups -OCH3 is 1. The molecule has 0 bridgehead atoms. The summed E-state index contributed by atoms with van der Waals surface area (Å²) in [6.45, 7) is 0. The fourth-order valence-electron chi connectivity index (χ4n) is 3.81. The van der Waals surface area contributed by atoms with E-state index in [1.807, 2.05) is 0 Å². The fraction of sp³-hybridized carbons (Fsp3) is 0.273. The number of nitrogens with zero attached hydrogens (tertiary/aromatic N) is 5. The van der Waals surface area contributed by atoms with Crippen LogP contribution in [0.25, 0.3) is 16.4 Å². The fourth-order valence-corrected chi connectivity index (χ4v) is 4.53. The minimum absolute atomic E-state index is 0.116. The van der Waals surface area contributed by atoms with Gasteiger partial charge in [0, 0.05) is 24.8 Å². The maximum Gasteiger partial charge on any atom is 0.379 e. The van der Waals surface area contributed by atoms with Crippen molar-refractivity contribution in [2.24, 2.45) is 0 Å². The van der Waals surface area contributed by atoms with E-state index in [4.69, 9.17) is 19.6 Å². The average molecular weight is 512 g/mol. The number of hydrogen-bond donors (Lipinski definition) is 3. The van der Waals surface area contributed by atoms with E-state index in [1.54, 1.807) is 18.2 Å². The van der Waals surface area contributed by atoms with Crippen molar-refractivity contribution in [1.82, 2.24) is 25.0 Å². The predicted molar refractivity (Wildman–Crippen MR) is 128 cm³/mol. The zero-order chi connectivity index (χ0) is 25.2. The quantitative estimate of drug-likeness (QED) is 0.329. The molecular formula is C22H21N7O6S. The highest BCUT2D eigenvalue weighted by atomic mass is 32.1. The molecule has 1 aliphatic rings. The van der Waals surface area contributed by atoms with Gasteiger partial charge in [-0.2, -0.15) is 9.78 Å². The summed E-state index contributed by atoms with van der Waals surface area (Å²) in [7, 11) is 1.47. The molecule has 0 radical (unpaired) electrons. The maximum atomic E-state index is 13.0. The number of aliphatic hydroxyl groups excluding tert-OH is 1. The molecular weight excluding hydrogens is 490 g/mol. The number of aromatic nitrogens is 5. The molecule has 4 N–H and O–H groups in total. The lowest BCUT2D eigenvalue weighted by Gasteiger charge is -2.16. The van der Waals surface area contributed by atoms with Gasteiger partial charge in [-0.25, -0.2) is 4.79 Å². The molecule has 4 aromatic rings. The van der Waals surface area contributed by atoms with Gasteiger partial charge in [0.15, 0.2) is 5.76 Å². The van der Waals surface area contributed by atoms with Crippen LogP contribution in [0.15, 0.2) is 45.9 Å². The van der Waals surface area contributed by atoms with Crippen molar-refractivity contribution < 1.29 is 23.8 Å². The van der Waals surface area contributed by atoms with Crippen LogP contribution in [0.4, 0.5) is 10.9 Å². The largest absolute Gasteiger partial charge is 0.494 e. The number of hydrogen-bond acceptors (Lipinski definition) is 12. The number of amides is 1. The molecule has 36 heavy (non-hydrogen) atoms. The second-order valence-corrected chi connectivity index (χ2v) is 8.87. The number of rotatable bonds is 7. The second-order valence-electron chi connectivity index (χ2n) is 7.91. The van der Waals surface area contributed by atoms with Gasteiger partial charge >= 0.3 is 5.63 Å². The number of carbonyl (C=O) groups excluding carboxylic acids is 1. The summed E-state index contributed by atoms with van der Waals surface area (Å²) in [6, 6.07) is 6.30. The van der Waals surface area contributed by atoms with Crippen LogP contribution in [-0.4, -0.2) is 55.3 Å². The summed E-state index contributed by atoms with van der Waals surface area (Å²) in [6.07, 6.45) is 3.65. The second kappa shape index (κ2) is 9.75. The molecule has 0 unspecified atom stereocenters. The topological polar surface area (TPSA) is 181 Å². The van der Waals surface area contributed by atoms with E-state index >= 15 is 0 Å². The Labute approximate surface area is 207 Å². The molecule has 4 aromatic heterocycles. The van der Waals surface area contributed by atoms with Crippen LogP contribution < -0.4 is 26.1 Å². The van der Waals surface area contributed by atoms with Crippen molar-refractivity contribution in [3.8, 4) is 27.9 Å². The highest BCUT2D eigenvalue weighted by molar-refractivity contribution is 7.17. The molecule has 1 aliphatic carbocycles. The third kappa shape index (κ3) is 4.63. The van der Waals surface area contributed by atoms with Crippen molar-refractivity contribution in [3.05, 3.63) is 52.8 Å². The zero-order valence-electron chi connectivity index (χ0n) is 19.0. The van der Waals surface area contributed by atoms with Crippen LogP contribution in [0.1, 0.15) is 29.8 Å². The first-order chi connectivity index (χ1) is 17.4. The van der Waals surface area contributed by atoms with E-state index in [2.05, 4.69) is 25.6 Å². The molecule has 0 saturated heterocycles. The van der Waals surface area contributed by atoms with Crippen LogP contribution in [0.3, 0.4) is 0 Å². The van der Waals surface area contributed by atoms with Gasteiger partial charge < -0.3 is 24.7 Å². The van der Waals surface area contributed by atoms with Crippen molar-refractivity contribution in [3.63, 3.8) is 0 Å². The predicted octanol–water partition coefficient (Wildman–Crippen LogP) is 1.87. The number of carbonyl (C=O) groups is 1. The van der Waals surface area contributed by atoms with E-state index in [1.165, 1.54) is 30.3 Å². The number of ether oxygens (including phenoxy) is 2. The van der Waals surface area contributed by atoms with E-state index < -0.39 is 17.6 Å². The molecule has 0 aromatic carbocycles. The van der Waals surface area contributed by atoms with Crippen molar-refractivity contribution in [2.45, 2.75) is 31.5 Å². The van der Waals surface area contributed by atoms with E-state index in [9.17, 15) is 14.7 Å². The number of nitrogen functional groups attached to an aromatic ring is 1. The lowest BCUT2D eigenvalue weighted by atomic mass is 10.1. The van der Waals surface area contributed by atoms with Gasteiger partial charge in [0.05, 0.1) is 25.0 Å². The number of anilines is 2. The summed E-state index contributed by atoms with van der Waals surface area (Å²) in [5.41, 5.74) is 5.47. The van der Waals surface area contributed by atoms with Crippen LogP contribution in [0.5, 0.6) is 11.5 Å². The van der Waals surface area contributed by atoms with Gasteiger partial charge in [-0.15, -0.1) is 10.2 Å². The maximum absolute atomic E-state index is 13.0. The Hall–Kier alpha value is -4.30. The van der Waals surface area contributed by atoms with Gasteiger partial charge in [-0.3, -0.25) is 15.1 Å². The standard InChI is InChI=1S/C22H21N7O6S/c1-33-14-3-2-7-24-17(14)13-10-15(35-20(32)18(13)34-12-5-4-11(30)9-12)19(31)26-21-27-28-22(36-21)29-16(23)6-8-25-29/h2-3,6-8,10-12,30H,4-5,9,23H2,1H3,(H,26,27,31)/t11-,12+/m1/s1. The lowest BCUT2D eigenvalue weighted by Crippen LogP contribution is -2.21. The minimum atomic E-state index is -0.867. The van der Waals surface area contributed by atoms with Crippen LogP contribution in [0.2, 0.25) is 0 Å². The average Bonchev–Trinajstić information content (AvgIpc) is 3.61. The van der Waals surface area contributed by atoms with E-state index in [0.717, 1.165) is 11.3 Å². The molecule has 4 heterocycles. The van der Waals surface area contributed by atoms with Crippen LogP contribution in [-0.2, 0) is 0 Å². The number of nitrogens with one attached hydrogen (secondary N) is 1. The molecule has 1 fully saturated rings. The first-order valence-corrected chi connectivity index (χ1v) is 11.7. The summed E-state index contributed by atoms with van der Waals surface area (Å²) >= 11 is 1.03. The lowest BCUT2D eigenvalue weighted by molar-refractivity contribution is 0.0990. The molecule has 186 valence electrons. The van der Waals surface area contributed by atoms with Crippen LogP contribution >= 0.6 is 11.3 Å². The summed E-state index contributed by atoms with van der Waals surface area (Å²) in [5, 5.41) is 24.8. The van der Waals surface area contributed by atoms with Crippen molar-refractivity contribution >= 4 is 28.2 Å². The highest BCUT2D eigenvalue weighted by Gasteiger charge is 2.29. The smallest absolute Gasteiger partial charge is 0.379 e. The first kappa shape index (κ1) is 23.4. The first-order valence-electron chi connectivity index (χ1n) is 10.9. The van der Waals surface area contributed by atoms with Crippen molar-refractivity contribution in [1.29, 1.82) is 0 Å². The normalized spacial score (nSPS) is 17.2. The Kier molecular flexibility index (Phi) is 6.35. The summed E-state index contributed by atoms with van der Waals surface area (Å²) in [4.78, 5) is 30.3. The molecule has 0 spiro atoms. The Morgan fingerprint density at radius 2 is 2.17 bits per heavy atom. The Morgan fingerprint density at radius 3 is 2.89 bits per heavy atom. The molecule has 0 aliphatic heterocycles. The SMILES string of the molecule is COc1cccnc1-c1cc(C(=O)Nc2nnc(-n3nccc3N)s2)oc(=O)c1O[C@H]1CC[C@@H](O)C1. The number of aliphatic hydroxyl groups is 1. The van der Waals surface area contributed by atoms with Gasteiger partial charge in [0.2, 0.25) is 16.0 Å². The molecule has 1 saturated carbocycles. The highest BCUT2D eigenvalue weighted by Crippen LogP contribution is 2.35.